The summed E-state index contributed by atoms with van der Waals surface area (Å²) in [6, 6.07) is 0. The number of unbranched alkanes of at least 4 members (excludes halogenated alkanes) is 11. The Kier molecular flexibility index (Phi) is 21.7. The van der Waals surface area contributed by atoms with Crippen molar-refractivity contribution < 1.29 is 69.0 Å². The van der Waals surface area contributed by atoms with Gasteiger partial charge in [0.15, 0.2) is 12.6 Å². The minimum atomic E-state index is -1.69. The number of hydrogen-bond donors (Lipinski definition) is 7. The summed E-state index contributed by atoms with van der Waals surface area (Å²) in [5, 5.41) is 71.2. The maximum Gasteiger partial charge on any atom is 0.306 e. The van der Waals surface area contributed by atoms with Crippen molar-refractivity contribution in [3.8, 4) is 0 Å². The molecule has 11 unspecified atom stereocenters. The number of ether oxygens (including phenoxy) is 6. The summed E-state index contributed by atoms with van der Waals surface area (Å²) in [5.74, 6) is -0.392. The molecule has 47 heavy (non-hydrogen) atoms. The third-order valence-corrected chi connectivity index (χ3v) is 8.62. The molecule has 14 heteroatoms. The number of esters is 1. The van der Waals surface area contributed by atoms with Gasteiger partial charge in [-0.3, -0.25) is 4.79 Å². The number of carbonyl (C=O) groups excluding carboxylic acids is 1. The van der Waals surface area contributed by atoms with Crippen LogP contribution < -0.4 is 0 Å². The molecule has 0 aromatic carbocycles. The van der Waals surface area contributed by atoms with E-state index >= 15 is 0 Å². The van der Waals surface area contributed by atoms with Gasteiger partial charge in [-0.15, -0.1) is 0 Å². The van der Waals surface area contributed by atoms with Gasteiger partial charge in [0.25, 0.3) is 0 Å². The van der Waals surface area contributed by atoms with Crippen LogP contribution in [0.15, 0.2) is 0 Å². The number of rotatable bonds is 25. The first-order valence-corrected chi connectivity index (χ1v) is 17.6. The molecule has 11 atom stereocenters. The lowest BCUT2D eigenvalue weighted by Crippen LogP contribution is -2.61. The minimum absolute atomic E-state index is 0.0652. The third-order valence-electron chi connectivity index (χ3n) is 8.62. The van der Waals surface area contributed by atoms with Gasteiger partial charge in [-0.1, -0.05) is 84.5 Å². The van der Waals surface area contributed by atoms with Crippen LogP contribution in [-0.4, -0.2) is 142 Å². The topological polar surface area (TPSA) is 214 Å². The van der Waals surface area contributed by atoms with Crippen molar-refractivity contribution >= 4 is 5.97 Å². The van der Waals surface area contributed by atoms with E-state index in [1.807, 2.05) is 0 Å². The highest BCUT2D eigenvalue weighted by Crippen LogP contribution is 2.26. The Morgan fingerprint density at radius 2 is 1.13 bits per heavy atom. The van der Waals surface area contributed by atoms with Crippen molar-refractivity contribution in [2.24, 2.45) is 0 Å². The molecule has 0 aliphatic carbocycles. The van der Waals surface area contributed by atoms with Gasteiger partial charge in [-0.05, 0) is 12.8 Å². The molecule has 14 nitrogen and oxygen atoms in total. The highest BCUT2D eigenvalue weighted by molar-refractivity contribution is 5.69. The normalized spacial score (nSPS) is 31.9. The van der Waals surface area contributed by atoms with Gasteiger partial charge >= 0.3 is 5.97 Å². The van der Waals surface area contributed by atoms with Gasteiger partial charge in [0.05, 0.1) is 26.4 Å². The molecule has 0 radical (unpaired) electrons. The fraction of sp³-hybridized carbons (Fsp3) is 0.970. The zero-order valence-electron chi connectivity index (χ0n) is 28.3. The number of aliphatic hydroxyl groups excluding tert-OH is 7. The van der Waals surface area contributed by atoms with E-state index in [-0.39, 0.29) is 19.6 Å². The van der Waals surface area contributed by atoms with E-state index in [0.717, 1.165) is 44.9 Å². The number of aliphatic hydroxyl groups is 7. The average molecular weight is 683 g/mol. The zero-order chi connectivity index (χ0) is 34.6. The van der Waals surface area contributed by atoms with Crippen molar-refractivity contribution in [1.29, 1.82) is 0 Å². The first kappa shape index (κ1) is 42.2. The Labute approximate surface area is 279 Å². The van der Waals surface area contributed by atoms with Crippen LogP contribution in [0.25, 0.3) is 0 Å². The molecule has 2 fully saturated rings. The quantitative estimate of drug-likeness (QED) is 0.0530. The van der Waals surface area contributed by atoms with Gasteiger partial charge in [0, 0.05) is 13.0 Å². The highest BCUT2D eigenvalue weighted by Gasteiger charge is 2.47. The van der Waals surface area contributed by atoms with Crippen molar-refractivity contribution in [1.82, 2.24) is 0 Å². The number of carbonyl (C=O) groups is 1. The fourth-order valence-corrected chi connectivity index (χ4v) is 5.58. The van der Waals surface area contributed by atoms with E-state index in [2.05, 4.69) is 13.8 Å². The molecule has 0 spiro atoms. The Hall–Kier alpha value is -1.01. The van der Waals surface area contributed by atoms with Crippen LogP contribution >= 0.6 is 0 Å². The van der Waals surface area contributed by atoms with Crippen LogP contribution in [0.1, 0.15) is 104 Å². The standard InChI is InChI=1S/C33H62O14/c1-3-5-7-9-10-11-13-15-17-42-19-22(45-25(35)16-14-12-8-6-4-2)20-43-32-31(41)29(39)27(37)24(47-32)21-44-33-30(40)28(38)26(36)23(18-34)46-33/h22-24,26-34,36-41H,3-21H2,1-2H3. The van der Waals surface area contributed by atoms with Gasteiger partial charge in [0.2, 0.25) is 0 Å². The van der Waals surface area contributed by atoms with Crippen LogP contribution in [0.5, 0.6) is 0 Å². The van der Waals surface area contributed by atoms with Crippen LogP contribution in [0.3, 0.4) is 0 Å². The smallest absolute Gasteiger partial charge is 0.306 e. The largest absolute Gasteiger partial charge is 0.457 e. The SMILES string of the molecule is CCCCCCCCCCOCC(COC1OC(COC2OC(CO)C(O)C(O)C2O)C(O)C(O)C1O)OC(=O)CCCCCCC. The summed E-state index contributed by atoms with van der Waals surface area (Å²) < 4.78 is 33.7. The monoisotopic (exact) mass is 682 g/mol. The fourth-order valence-electron chi connectivity index (χ4n) is 5.58. The second-order valence-electron chi connectivity index (χ2n) is 12.7. The molecule has 2 saturated heterocycles. The lowest BCUT2D eigenvalue weighted by molar-refractivity contribution is -0.332. The average Bonchev–Trinajstić information content (AvgIpc) is 3.06. The van der Waals surface area contributed by atoms with E-state index in [4.69, 9.17) is 28.4 Å². The molecule has 2 heterocycles. The molecule has 2 rings (SSSR count). The maximum atomic E-state index is 12.6. The Bertz CT molecular complexity index is 803. The van der Waals surface area contributed by atoms with Gasteiger partial charge in [-0.25, -0.2) is 0 Å². The van der Waals surface area contributed by atoms with Crippen LogP contribution in [-0.2, 0) is 33.2 Å². The van der Waals surface area contributed by atoms with E-state index < -0.39 is 86.7 Å². The highest BCUT2D eigenvalue weighted by atomic mass is 16.7. The molecule has 0 bridgehead atoms. The molecule has 0 saturated carbocycles. The molecule has 7 N–H and O–H groups in total. The van der Waals surface area contributed by atoms with Crippen molar-refractivity contribution in [3.05, 3.63) is 0 Å². The second-order valence-corrected chi connectivity index (χ2v) is 12.7. The molecular formula is C33H62O14. The van der Waals surface area contributed by atoms with Crippen LogP contribution in [0, 0.1) is 0 Å². The lowest BCUT2D eigenvalue weighted by atomic mass is 9.98. The summed E-state index contributed by atoms with van der Waals surface area (Å²) in [4.78, 5) is 12.6. The van der Waals surface area contributed by atoms with Gasteiger partial charge in [-0.2, -0.15) is 0 Å². The lowest BCUT2D eigenvalue weighted by Gasteiger charge is -2.42. The molecule has 0 amide bonds. The van der Waals surface area contributed by atoms with Gasteiger partial charge < -0.3 is 64.2 Å². The first-order chi connectivity index (χ1) is 22.6. The Morgan fingerprint density at radius 3 is 1.72 bits per heavy atom. The summed E-state index contributed by atoms with van der Waals surface area (Å²) in [6.45, 7) is 3.52. The van der Waals surface area contributed by atoms with Gasteiger partial charge in [0.1, 0.15) is 54.9 Å². The van der Waals surface area contributed by atoms with Crippen LogP contribution in [0.2, 0.25) is 0 Å². The minimum Gasteiger partial charge on any atom is -0.457 e. The van der Waals surface area contributed by atoms with E-state index in [9.17, 15) is 40.5 Å². The molecular weight excluding hydrogens is 620 g/mol. The predicted octanol–water partition coefficient (Wildman–Crippen LogP) is 1.06. The van der Waals surface area contributed by atoms with Crippen molar-refractivity contribution in [3.63, 3.8) is 0 Å². The zero-order valence-corrected chi connectivity index (χ0v) is 28.3. The Balaban J connectivity index is 1.90. The van der Waals surface area contributed by atoms with E-state index in [1.54, 1.807) is 0 Å². The molecule has 278 valence electrons. The molecule has 0 aromatic heterocycles. The summed E-state index contributed by atoms with van der Waals surface area (Å²) >= 11 is 0. The predicted molar refractivity (Wildman–Crippen MR) is 169 cm³/mol. The molecule has 2 aliphatic rings. The summed E-state index contributed by atoms with van der Waals surface area (Å²) in [6.07, 6.45) is -1.73. The van der Waals surface area contributed by atoms with E-state index in [1.165, 1.54) is 32.1 Å². The van der Waals surface area contributed by atoms with Crippen LogP contribution in [0.4, 0.5) is 0 Å². The number of hydrogen-bond acceptors (Lipinski definition) is 14. The van der Waals surface area contributed by atoms with Crippen molar-refractivity contribution in [2.75, 3.05) is 33.0 Å². The Morgan fingerprint density at radius 1 is 0.617 bits per heavy atom. The first-order valence-electron chi connectivity index (χ1n) is 17.6. The summed E-state index contributed by atoms with van der Waals surface area (Å²) in [5.41, 5.74) is 0. The maximum absolute atomic E-state index is 12.6. The van der Waals surface area contributed by atoms with E-state index in [0.29, 0.717) is 13.0 Å². The molecule has 0 aromatic rings. The second kappa shape index (κ2) is 24.2. The third kappa shape index (κ3) is 15.2. The van der Waals surface area contributed by atoms with Crippen molar-refractivity contribution in [2.45, 2.75) is 171 Å². The molecule has 2 aliphatic heterocycles. The summed E-state index contributed by atoms with van der Waals surface area (Å²) in [7, 11) is 0.